The van der Waals surface area contributed by atoms with Crippen molar-refractivity contribution in [2.45, 2.75) is 66.1 Å². The van der Waals surface area contributed by atoms with Crippen LogP contribution in [0.3, 0.4) is 0 Å². The zero-order chi connectivity index (χ0) is 16.1. The summed E-state index contributed by atoms with van der Waals surface area (Å²) in [7, 11) is 0. The molecule has 0 radical (unpaired) electrons. The number of fused-ring (bicyclic) bond motifs is 1. The lowest BCUT2D eigenvalue weighted by molar-refractivity contribution is -0.0976. The van der Waals surface area contributed by atoms with Gasteiger partial charge in [-0.1, -0.05) is 36.3 Å². The number of ether oxygens (including phenoxy) is 1. The summed E-state index contributed by atoms with van der Waals surface area (Å²) in [6, 6.07) is 0. The molecule has 0 saturated carbocycles. The molecule has 2 aliphatic rings. The standard InChI is InChI=1S/C20H32O2/c1-14(2)7-5-9-16(4)18-12-11-15(3)8-6-10-17-13-22-20(21)19(17)18/h7-8,10,16,18-21H,5-6,9,11-13H2,1-4H3/b15-8+,17-10-/t16-,18+,19-,20+/m0/s1. The van der Waals surface area contributed by atoms with E-state index in [0.717, 1.165) is 25.7 Å². The molecule has 0 bridgehead atoms. The van der Waals surface area contributed by atoms with Gasteiger partial charge in [0.05, 0.1) is 6.61 Å². The quantitative estimate of drug-likeness (QED) is 0.740. The Morgan fingerprint density at radius 2 is 2.18 bits per heavy atom. The topological polar surface area (TPSA) is 29.5 Å². The van der Waals surface area contributed by atoms with Crippen LogP contribution in [0.5, 0.6) is 0 Å². The summed E-state index contributed by atoms with van der Waals surface area (Å²) in [6.45, 7) is 9.51. The molecule has 1 heterocycles. The van der Waals surface area contributed by atoms with Crippen molar-refractivity contribution in [2.75, 3.05) is 6.61 Å². The van der Waals surface area contributed by atoms with Crippen molar-refractivity contribution in [3.05, 3.63) is 34.9 Å². The minimum Gasteiger partial charge on any atom is -0.367 e. The van der Waals surface area contributed by atoms with Gasteiger partial charge in [-0.3, -0.25) is 0 Å². The van der Waals surface area contributed by atoms with E-state index < -0.39 is 6.29 Å². The fraction of sp³-hybridized carbons (Fsp3) is 0.700. The van der Waals surface area contributed by atoms with Crippen molar-refractivity contribution in [1.29, 1.82) is 0 Å². The third kappa shape index (κ3) is 4.57. The summed E-state index contributed by atoms with van der Waals surface area (Å²) in [5.41, 5.74) is 4.19. The van der Waals surface area contributed by atoms with Crippen molar-refractivity contribution in [3.8, 4) is 0 Å². The lowest BCUT2D eigenvalue weighted by Crippen LogP contribution is -2.29. The van der Waals surface area contributed by atoms with Gasteiger partial charge in [-0.2, -0.15) is 0 Å². The number of allylic oxidation sites excluding steroid dienone is 5. The molecule has 4 atom stereocenters. The van der Waals surface area contributed by atoms with Crippen LogP contribution in [-0.4, -0.2) is 18.0 Å². The molecule has 1 saturated heterocycles. The van der Waals surface area contributed by atoms with Crippen LogP contribution in [0.1, 0.15) is 59.8 Å². The van der Waals surface area contributed by atoms with Gasteiger partial charge in [0.2, 0.25) is 0 Å². The summed E-state index contributed by atoms with van der Waals surface area (Å²) < 4.78 is 5.56. The molecule has 2 nitrogen and oxygen atoms in total. The van der Waals surface area contributed by atoms with Crippen LogP contribution in [-0.2, 0) is 4.74 Å². The Bertz CT molecular complexity index is 454. The summed E-state index contributed by atoms with van der Waals surface area (Å²) in [5.74, 6) is 1.31. The van der Waals surface area contributed by atoms with E-state index in [1.54, 1.807) is 0 Å². The number of rotatable bonds is 4. The van der Waals surface area contributed by atoms with Gasteiger partial charge in [-0.05, 0) is 70.3 Å². The van der Waals surface area contributed by atoms with Crippen molar-refractivity contribution < 1.29 is 9.84 Å². The van der Waals surface area contributed by atoms with E-state index in [9.17, 15) is 5.11 Å². The molecule has 1 fully saturated rings. The van der Waals surface area contributed by atoms with Crippen LogP contribution in [0.4, 0.5) is 0 Å². The third-order valence-corrected chi connectivity index (χ3v) is 5.24. The number of aliphatic hydroxyl groups is 1. The largest absolute Gasteiger partial charge is 0.367 e. The maximum Gasteiger partial charge on any atom is 0.161 e. The highest BCUT2D eigenvalue weighted by Crippen LogP contribution is 2.41. The summed E-state index contributed by atoms with van der Waals surface area (Å²) >= 11 is 0. The molecular weight excluding hydrogens is 272 g/mol. The molecule has 0 amide bonds. The van der Waals surface area contributed by atoms with Crippen LogP contribution < -0.4 is 0 Å². The van der Waals surface area contributed by atoms with Gasteiger partial charge in [0.15, 0.2) is 6.29 Å². The molecular formula is C20H32O2. The van der Waals surface area contributed by atoms with Gasteiger partial charge in [-0.25, -0.2) is 0 Å². The molecule has 1 aliphatic heterocycles. The van der Waals surface area contributed by atoms with E-state index in [4.69, 9.17) is 4.74 Å². The number of hydrogen-bond acceptors (Lipinski definition) is 2. The Labute approximate surface area is 136 Å². The predicted octanol–water partition coefficient (Wildman–Crippen LogP) is 5.01. The molecule has 22 heavy (non-hydrogen) atoms. The fourth-order valence-electron chi connectivity index (χ4n) is 3.82. The SMILES string of the molecule is CC(C)=CCC[C@H](C)[C@H]1CC/C(C)=C/C/C=C2/CO[C@@H](O)[C@@H]21. The average Bonchev–Trinajstić information content (AvgIpc) is 2.83. The Kier molecular flexibility index (Phi) is 6.46. The molecule has 1 aliphatic carbocycles. The van der Waals surface area contributed by atoms with E-state index in [0.29, 0.717) is 18.4 Å². The summed E-state index contributed by atoms with van der Waals surface area (Å²) in [6.07, 6.45) is 11.9. The second-order valence-corrected chi connectivity index (χ2v) is 7.33. The van der Waals surface area contributed by atoms with Crippen molar-refractivity contribution in [3.63, 3.8) is 0 Å². The van der Waals surface area contributed by atoms with E-state index in [-0.39, 0.29) is 5.92 Å². The van der Waals surface area contributed by atoms with E-state index in [2.05, 4.69) is 45.9 Å². The second-order valence-electron chi connectivity index (χ2n) is 7.33. The molecule has 0 unspecified atom stereocenters. The van der Waals surface area contributed by atoms with Gasteiger partial charge < -0.3 is 9.84 Å². The van der Waals surface area contributed by atoms with Gasteiger partial charge in [0.1, 0.15) is 0 Å². The Morgan fingerprint density at radius 3 is 2.91 bits per heavy atom. The Balaban J connectivity index is 2.13. The highest BCUT2D eigenvalue weighted by molar-refractivity contribution is 5.18. The maximum absolute atomic E-state index is 10.3. The minimum absolute atomic E-state index is 0.195. The predicted molar refractivity (Wildman–Crippen MR) is 92.5 cm³/mol. The lowest BCUT2D eigenvalue weighted by Gasteiger charge is -2.31. The zero-order valence-electron chi connectivity index (χ0n) is 14.6. The van der Waals surface area contributed by atoms with E-state index in [1.165, 1.54) is 23.1 Å². The van der Waals surface area contributed by atoms with Crippen LogP contribution >= 0.6 is 0 Å². The molecule has 0 aromatic heterocycles. The summed E-state index contributed by atoms with van der Waals surface area (Å²) in [5, 5.41) is 10.3. The normalized spacial score (nSPS) is 35.0. The van der Waals surface area contributed by atoms with Crippen LogP contribution in [0.15, 0.2) is 34.9 Å². The maximum atomic E-state index is 10.3. The molecule has 0 spiro atoms. The third-order valence-electron chi connectivity index (χ3n) is 5.24. The molecule has 0 aromatic carbocycles. The second kappa shape index (κ2) is 8.12. The van der Waals surface area contributed by atoms with Crippen molar-refractivity contribution in [2.24, 2.45) is 17.8 Å². The van der Waals surface area contributed by atoms with Crippen molar-refractivity contribution in [1.82, 2.24) is 0 Å². The number of hydrogen-bond donors (Lipinski definition) is 1. The van der Waals surface area contributed by atoms with Gasteiger partial charge in [0, 0.05) is 5.92 Å². The first kappa shape index (κ1) is 17.5. The first-order chi connectivity index (χ1) is 10.5. The first-order valence-corrected chi connectivity index (χ1v) is 8.76. The van der Waals surface area contributed by atoms with Crippen LogP contribution in [0.25, 0.3) is 0 Å². The molecule has 2 heteroatoms. The van der Waals surface area contributed by atoms with Gasteiger partial charge >= 0.3 is 0 Å². The first-order valence-electron chi connectivity index (χ1n) is 8.76. The monoisotopic (exact) mass is 304 g/mol. The molecule has 124 valence electrons. The fourth-order valence-corrected chi connectivity index (χ4v) is 3.82. The lowest BCUT2D eigenvalue weighted by atomic mass is 9.74. The average molecular weight is 304 g/mol. The Morgan fingerprint density at radius 1 is 1.41 bits per heavy atom. The highest BCUT2D eigenvalue weighted by atomic mass is 16.6. The van der Waals surface area contributed by atoms with Crippen molar-refractivity contribution >= 4 is 0 Å². The highest BCUT2D eigenvalue weighted by Gasteiger charge is 2.39. The van der Waals surface area contributed by atoms with Gasteiger partial charge in [0.25, 0.3) is 0 Å². The van der Waals surface area contributed by atoms with E-state index in [1.807, 2.05) is 0 Å². The zero-order valence-corrected chi connectivity index (χ0v) is 14.6. The molecule has 0 aromatic rings. The smallest absolute Gasteiger partial charge is 0.161 e. The van der Waals surface area contributed by atoms with Crippen LogP contribution in [0.2, 0.25) is 0 Å². The van der Waals surface area contributed by atoms with Gasteiger partial charge in [-0.15, -0.1) is 0 Å². The van der Waals surface area contributed by atoms with E-state index >= 15 is 0 Å². The molecule has 1 N–H and O–H groups in total. The minimum atomic E-state index is -0.611. The summed E-state index contributed by atoms with van der Waals surface area (Å²) in [4.78, 5) is 0. The number of aliphatic hydroxyl groups excluding tert-OH is 1. The van der Waals surface area contributed by atoms with Crippen LogP contribution in [0, 0.1) is 17.8 Å². The Hall–Kier alpha value is -0.860. The molecule has 2 rings (SSSR count).